The molecule has 0 atom stereocenters. The molecule has 4 nitrogen and oxygen atoms in total. The van der Waals surface area contributed by atoms with Crippen molar-refractivity contribution in [3.63, 3.8) is 0 Å². The molecule has 82 valence electrons. The average molecular weight is 217 g/mol. The first-order valence-electron chi connectivity index (χ1n) is 4.83. The van der Waals surface area contributed by atoms with Crippen LogP contribution in [-0.4, -0.2) is 16.1 Å². The Bertz CT molecular complexity index is 569. The van der Waals surface area contributed by atoms with Gasteiger partial charge in [-0.3, -0.25) is 0 Å². The first kappa shape index (κ1) is 10.4. The number of hydrogen-bond acceptors (Lipinski definition) is 3. The summed E-state index contributed by atoms with van der Waals surface area (Å²) in [5.74, 6) is -0.377. The number of fused-ring (bicyclic) bond motifs is 1. The number of carboxylic acid groups (broad SMARTS) is 1. The van der Waals surface area contributed by atoms with Crippen molar-refractivity contribution in [3.05, 3.63) is 41.8 Å². The summed E-state index contributed by atoms with van der Waals surface area (Å²) in [4.78, 5) is 14.8. The summed E-state index contributed by atoms with van der Waals surface area (Å²) in [6.07, 6.45) is 0.311. The molecule has 4 heteroatoms. The molecule has 0 aliphatic heterocycles. The third-order valence-electron chi connectivity index (χ3n) is 2.28. The maximum atomic E-state index is 10.6. The van der Waals surface area contributed by atoms with Gasteiger partial charge < -0.3 is 9.52 Å². The van der Waals surface area contributed by atoms with Crippen molar-refractivity contribution in [3.8, 4) is 0 Å². The molecule has 0 radical (unpaired) electrons. The van der Waals surface area contributed by atoms with Gasteiger partial charge in [-0.05, 0) is 17.7 Å². The van der Waals surface area contributed by atoms with Crippen LogP contribution >= 0.6 is 0 Å². The van der Waals surface area contributed by atoms with Crippen LogP contribution in [0.3, 0.4) is 0 Å². The van der Waals surface area contributed by atoms with Gasteiger partial charge >= 0.3 is 5.97 Å². The highest BCUT2D eigenvalue weighted by molar-refractivity contribution is 5.86. The fourth-order valence-corrected chi connectivity index (χ4v) is 1.52. The first-order valence-corrected chi connectivity index (χ1v) is 4.83. The minimum Gasteiger partial charge on any atom is -0.478 e. The number of benzene rings is 1. The highest BCUT2D eigenvalue weighted by atomic mass is 16.4. The predicted octanol–water partition coefficient (Wildman–Crippen LogP) is 2.32. The molecule has 0 fully saturated rings. The molecule has 0 saturated carbocycles. The Hall–Kier alpha value is -2.10. The van der Waals surface area contributed by atoms with E-state index in [1.807, 2.05) is 12.1 Å². The van der Waals surface area contributed by atoms with E-state index in [-0.39, 0.29) is 5.57 Å². The predicted molar refractivity (Wildman–Crippen MR) is 59.2 cm³/mol. The van der Waals surface area contributed by atoms with Crippen LogP contribution in [0.2, 0.25) is 0 Å². The van der Waals surface area contributed by atoms with Crippen molar-refractivity contribution in [1.29, 1.82) is 0 Å². The number of carbonyl (C=O) groups is 1. The van der Waals surface area contributed by atoms with Gasteiger partial charge in [0.2, 0.25) is 0 Å². The molecule has 0 bridgehead atoms. The van der Waals surface area contributed by atoms with Crippen LogP contribution in [0.4, 0.5) is 0 Å². The van der Waals surface area contributed by atoms with E-state index in [1.165, 1.54) is 0 Å². The molecule has 0 saturated heterocycles. The third-order valence-corrected chi connectivity index (χ3v) is 2.28. The lowest BCUT2D eigenvalue weighted by Gasteiger charge is -2.00. The van der Waals surface area contributed by atoms with Crippen LogP contribution in [0.5, 0.6) is 0 Å². The maximum absolute atomic E-state index is 10.6. The third kappa shape index (κ3) is 1.95. The topological polar surface area (TPSA) is 63.3 Å². The van der Waals surface area contributed by atoms with Gasteiger partial charge in [0.15, 0.2) is 11.5 Å². The molecule has 1 N–H and O–H groups in total. The zero-order chi connectivity index (χ0) is 11.7. The van der Waals surface area contributed by atoms with Gasteiger partial charge in [-0.2, -0.15) is 0 Å². The lowest BCUT2D eigenvalue weighted by Crippen LogP contribution is -2.01. The minimum atomic E-state index is -0.978. The molecule has 0 aliphatic rings. The van der Waals surface area contributed by atoms with Gasteiger partial charge in [-0.25, -0.2) is 9.78 Å². The zero-order valence-electron chi connectivity index (χ0n) is 8.86. The average Bonchev–Trinajstić information content (AvgIpc) is 2.57. The van der Waals surface area contributed by atoms with Gasteiger partial charge in [0.25, 0.3) is 0 Å². The summed E-state index contributed by atoms with van der Waals surface area (Å²) < 4.78 is 5.36. The van der Waals surface area contributed by atoms with Crippen molar-refractivity contribution in [2.24, 2.45) is 0 Å². The van der Waals surface area contributed by atoms with Gasteiger partial charge in [0, 0.05) is 18.9 Å². The van der Waals surface area contributed by atoms with E-state index < -0.39 is 5.97 Å². The molecule has 2 rings (SSSR count). The van der Waals surface area contributed by atoms with E-state index in [4.69, 9.17) is 9.52 Å². The smallest absolute Gasteiger partial charge is 0.331 e. The van der Waals surface area contributed by atoms with E-state index in [0.717, 1.165) is 11.1 Å². The zero-order valence-corrected chi connectivity index (χ0v) is 8.86. The maximum Gasteiger partial charge on any atom is 0.331 e. The number of aromatic nitrogens is 1. The SMILES string of the molecule is C=C(Cc1ccc2nc(C)oc2c1)C(=O)O. The molecule has 1 heterocycles. The Morgan fingerprint density at radius 3 is 3.00 bits per heavy atom. The van der Waals surface area contributed by atoms with E-state index in [0.29, 0.717) is 17.9 Å². The Kier molecular flexibility index (Phi) is 2.48. The van der Waals surface area contributed by atoms with Crippen LogP contribution < -0.4 is 0 Å². The number of hydrogen-bond donors (Lipinski definition) is 1. The van der Waals surface area contributed by atoms with E-state index >= 15 is 0 Å². The summed E-state index contributed by atoms with van der Waals surface area (Å²) in [5.41, 5.74) is 2.47. The quantitative estimate of drug-likeness (QED) is 0.801. The van der Waals surface area contributed by atoms with Crippen LogP contribution in [0.15, 0.2) is 34.8 Å². The molecule has 16 heavy (non-hydrogen) atoms. The number of aryl methyl sites for hydroxylation is 1. The summed E-state index contributed by atoms with van der Waals surface area (Å²) in [6, 6.07) is 5.44. The standard InChI is InChI=1S/C12H11NO3/c1-7(12(14)15)5-9-3-4-10-11(6-9)16-8(2)13-10/h3-4,6H,1,5H2,2H3,(H,14,15). The van der Waals surface area contributed by atoms with Crippen molar-refractivity contribution < 1.29 is 14.3 Å². The fourth-order valence-electron chi connectivity index (χ4n) is 1.52. The molecular formula is C12H11NO3. The number of nitrogens with zero attached hydrogens (tertiary/aromatic N) is 1. The molecular weight excluding hydrogens is 206 g/mol. The van der Waals surface area contributed by atoms with Crippen molar-refractivity contribution in [2.75, 3.05) is 0 Å². The second-order valence-electron chi connectivity index (χ2n) is 3.62. The van der Waals surface area contributed by atoms with E-state index in [2.05, 4.69) is 11.6 Å². The Morgan fingerprint density at radius 1 is 1.56 bits per heavy atom. The Labute approximate surface area is 92.2 Å². The highest BCUT2D eigenvalue weighted by Gasteiger charge is 2.07. The van der Waals surface area contributed by atoms with Gasteiger partial charge in [0.05, 0.1) is 0 Å². The number of rotatable bonds is 3. The van der Waals surface area contributed by atoms with Crippen LogP contribution in [0, 0.1) is 6.92 Å². The molecule has 0 aliphatic carbocycles. The lowest BCUT2D eigenvalue weighted by atomic mass is 10.1. The Balaban J connectivity index is 2.32. The lowest BCUT2D eigenvalue weighted by molar-refractivity contribution is -0.132. The van der Waals surface area contributed by atoms with Crippen molar-refractivity contribution >= 4 is 17.1 Å². The van der Waals surface area contributed by atoms with E-state index in [9.17, 15) is 4.79 Å². The summed E-state index contributed by atoms with van der Waals surface area (Å²) in [6.45, 7) is 5.26. The molecule has 0 unspecified atom stereocenters. The number of aliphatic carboxylic acids is 1. The second-order valence-corrected chi connectivity index (χ2v) is 3.62. The molecule has 1 aromatic heterocycles. The highest BCUT2D eigenvalue weighted by Crippen LogP contribution is 2.18. The van der Waals surface area contributed by atoms with Gasteiger partial charge in [0.1, 0.15) is 5.52 Å². The van der Waals surface area contributed by atoms with Crippen LogP contribution in [0.25, 0.3) is 11.1 Å². The number of oxazole rings is 1. The molecule has 1 aromatic carbocycles. The molecule has 2 aromatic rings. The molecule has 0 amide bonds. The van der Waals surface area contributed by atoms with Gasteiger partial charge in [-0.1, -0.05) is 12.6 Å². The summed E-state index contributed by atoms with van der Waals surface area (Å²) in [5, 5.41) is 8.73. The van der Waals surface area contributed by atoms with Crippen LogP contribution in [-0.2, 0) is 11.2 Å². The first-order chi connectivity index (χ1) is 7.56. The van der Waals surface area contributed by atoms with Crippen molar-refractivity contribution in [2.45, 2.75) is 13.3 Å². The van der Waals surface area contributed by atoms with E-state index in [1.54, 1.807) is 13.0 Å². The minimum absolute atomic E-state index is 0.163. The van der Waals surface area contributed by atoms with Crippen LogP contribution in [0.1, 0.15) is 11.5 Å². The monoisotopic (exact) mass is 217 g/mol. The molecule has 0 spiro atoms. The van der Waals surface area contributed by atoms with Crippen molar-refractivity contribution in [1.82, 2.24) is 4.98 Å². The fraction of sp³-hybridized carbons (Fsp3) is 0.167. The second kappa shape index (κ2) is 3.81. The largest absolute Gasteiger partial charge is 0.478 e. The van der Waals surface area contributed by atoms with Gasteiger partial charge in [-0.15, -0.1) is 0 Å². The normalized spacial score (nSPS) is 10.6. The summed E-state index contributed by atoms with van der Waals surface area (Å²) in [7, 11) is 0. The Morgan fingerprint density at radius 2 is 2.31 bits per heavy atom. The summed E-state index contributed by atoms with van der Waals surface area (Å²) >= 11 is 0. The number of carboxylic acids is 1.